The van der Waals surface area contributed by atoms with Gasteiger partial charge in [-0.1, -0.05) is 19.8 Å². The predicted octanol–water partition coefficient (Wildman–Crippen LogP) is 5.36. The van der Waals surface area contributed by atoms with Crippen molar-refractivity contribution in [3.05, 3.63) is 23.3 Å². The molecule has 1 aromatic carbocycles. The summed E-state index contributed by atoms with van der Waals surface area (Å²) in [7, 11) is 4.32. The fourth-order valence-electron chi connectivity index (χ4n) is 5.30. The summed E-state index contributed by atoms with van der Waals surface area (Å²) in [5.41, 5.74) is 2.14. The first kappa shape index (κ1) is 19.5. The molecule has 0 saturated heterocycles. The van der Waals surface area contributed by atoms with Crippen LogP contribution in [0.15, 0.2) is 12.1 Å². The lowest BCUT2D eigenvalue weighted by molar-refractivity contribution is -0.0178. The number of aromatic hydroxyl groups is 1. The summed E-state index contributed by atoms with van der Waals surface area (Å²) >= 11 is 0. The van der Waals surface area contributed by atoms with Crippen molar-refractivity contribution >= 4 is 0 Å². The summed E-state index contributed by atoms with van der Waals surface area (Å²) in [5, 5.41) is 10.9. The summed E-state index contributed by atoms with van der Waals surface area (Å²) < 4.78 is 6.46. The molecule has 1 heterocycles. The highest BCUT2D eigenvalue weighted by atomic mass is 16.5. The van der Waals surface area contributed by atoms with E-state index < -0.39 is 0 Å². The smallest absolute Gasteiger partial charge is 0.127 e. The molecule has 1 aliphatic carbocycles. The summed E-state index contributed by atoms with van der Waals surface area (Å²) in [4.78, 5) is 2.30. The van der Waals surface area contributed by atoms with Crippen LogP contribution in [0.3, 0.4) is 0 Å². The number of nitrogens with zero attached hydrogens (tertiary/aromatic N) is 1. The van der Waals surface area contributed by atoms with Gasteiger partial charge in [0, 0.05) is 18.0 Å². The molecule has 1 N–H and O–H groups in total. The number of rotatable bonds is 6. The lowest BCUT2D eigenvalue weighted by atomic mass is 9.63. The number of phenols is 1. The molecule has 0 spiro atoms. The van der Waals surface area contributed by atoms with Crippen molar-refractivity contribution in [1.29, 1.82) is 0 Å². The zero-order chi connectivity index (χ0) is 18.9. The molecular weight excluding hydrogens is 322 g/mol. The van der Waals surface area contributed by atoms with Gasteiger partial charge in [-0.15, -0.1) is 0 Å². The second-order valence-corrected chi connectivity index (χ2v) is 9.34. The molecule has 1 fully saturated rings. The number of aryl methyl sites for hydroxylation is 1. The zero-order valence-corrected chi connectivity index (χ0v) is 17.3. The highest BCUT2D eigenvalue weighted by Gasteiger charge is 2.47. The minimum absolute atomic E-state index is 0.158. The molecule has 0 radical (unpaired) electrons. The highest BCUT2D eigenvalue weighted by molar-refractivity contribution is 5.52. The van der Waals surface area contributed by atoms with Crippen molar-refractivity contribution in [3.63, 3.8) is 0 Å². The van der Waals surface area contributed by atoms with Crippen LogP contribution >= 0.6 is 0 Å². The van der Waals surface area contributed by atoms with E-state index in [1.165, 1.54) is 37.7 Å². The molecule has 1 aromatic rings. The molecule has 1 unspecified atom stereocenters. The number of benzene rings is 1. The first-order valence-corrected chi connectivity index (χ1v) is 10.5. The minimum Gasteiger partial charge on any atom is -0.508 e. The fourth-order valence-corrected chi connectivity index (χ4v) is 5.30. The first-order chi connectivity index (χ1) is 12.3. The Kier molecular flexibility index (Phi) is 5.86. The van der Waals surface area contributed by atoms with Gasteiger partial charge in [-0.2, -0.15) is 0 Å². The number of fused-ring (bicyclic) bond motifs is 3. The van der Waals surface area contributed by atoms with Crippen LogP contribution in [-0.2, 0) is 6.42 Å². The number of phenolic OH excluding ortho intramolecular Hbond substituents is 1. The number of hydrogen-bond donors (Lipinski definition) is 1. The normalized spacial score (nSPS) is 26.9. The molecule has 3 rings (SSSR count). The minimum atomic E-state index is -0.158. The maximum absolute atomic E-state index is 10.9. The van der Waals surface area contributed by atoms with Gasteiger partial charge in [0.05, 0.1) is 0 Å². The van der Waals surface area contributed by atoms with E-state index in [1.807, 2.05) is 6.07 Å². The third-order valence-electron chi connectivity index (χ3n) is 6.47. The quantitative estimate of drug-likeness (QED) is 0.694. The van der Waals surface area contributed by atoms with E-state index in [-0.39, 0.29) is 5.60 Å². The Hall–Kier alpha value is -1.22. The summed E-state index contributed by atoms with van der Waals surface area (Å²) in [6.07, 6.45) is 8.26. The average Bonchev–Trinajstić information content (AvgIpc) is 2.53. The van der Waals surface area contributed by atoms with Crippen LogP contribution in [0.5, 0.6) is 11.5 Å². The lowest BCUT2D eigenvalue weighted by Crippen LogP contribution is -2.47. The zero-order valence-electron chi connectivity index (χ0n) is 17.3. The fraction of sp³-hybridized carbons (Fsp3) is 0.739. The van der Waals surface area contributed by atoms with E-state index in [9.17, 15) is 5.11 Å². The summed E-state index contributed by atoms with van der Waals surface area (Å²) in [6, 6.07) is 4.21. The largest absolute Gasteiger partial charge is 0.508 e. The molecule has 1 aliphatic heterocycles. The first-order valence-electron chi connectivity index (χ1n) is 10.5. The van der Waals surface area contributed by atoms with Crippen LogP contribution in [0.1, 0.15) is 76.3 Å². The van der Waals surface area contributed by atoms with Crippen LogP contribution in [0.25, 0.3) is 0 Å². The van der Waals surface area contributed by atoms with Gasteiger partial charge < -0.3 is 14.7 Å². The van der Waals surface area contributed by atoms with Crippen LogP contribution < -0.4 is 4.74 Å². The highest BCUT2D eigenvalue weighted by Crippen LogP contribution is 2.55. The third-order valence-corrected chi connectivity index (χ3v) is 6.47. The Morgan fingerprint density at radius 3 is 2.65 bits per heavy atom. The van der Waals surface area contributed by atoms with Gasteiger partial charge in [0.2, 0.25) is 0 Å². The monoisotopic (exact) mass is 359 g/mol. The molecule has 146 valence electrons. The number of unbranched alkanes of at least 4 members (excludes halogenated alkanes) is 2. The molecule has 0 amide bonds. The molecule has 0 bridgehead atoms. The van der Waals surface area contributed by atoms with Crippen molar-refractivity contribution in [2.45, 2.75) is 77.2 Å². The maximum atomic E-state index is 10.9. The second-order valence-electron chi connectivity index (χ2n) is 9.34. The van der Waals surface area contributed by atoms with Crippen molar-refractivity contribution in [1.82, 2.24) is 4.90 Å². The van der Waals surface area contributed by atoms with Crippen LogP contribution in [0.4, 0.5) is 0 Å². The van der Waals surface area contributed by atoms with Gasteiger partial charge in [-0.25, -0.2) is 0 Å². The molecule has 0 aromatic heterocycles. The van der Waals surface area contributed by atoms with E-state index in [0.717, 1.165) is 30.7 Å². The Bertz CT molecular complexity index is 623. The predicted molar refractivity (Wildman–Crippen MR) is 108 cm³/mol. The van der Waals surface area contributed by atoms with E-state index in [1.54, 1.807) is 0 Å². The molecule has 3 atom stereocenters. The van der Waals surface area contributed by atoms with Gasteiger partial charge in [0.1, 0.15) is 17.1 Å². The molecule has 26 heavy (non-hydrogen) atoms. The van der Waals surface area contributed by atoms with Gasteiger partial charge in [0.15, 0.2) is 0 Å². The topological polar surface area (TPSA) is 32.7 Å². The van der Waals surface area contributed by atoms with Gasteiger partial charge in [0.25, 0.3) is 0 Å². The van der Waals surface area contributed by atoms with Crippen LogP contribution in [0.2, 0.25) is 0 Å². The average molecular weight is 360 g/mol. The van der Waals surface area contributed by atoms with E-state index in [4.69, 9.17) is 4.74 Å². The second kappa shape index (κ2) is 7.80. The SMILES string of the molecule is CCCCCc1cc(O)c2c(c1)OC(C)(C)[C@@H]1CC[C@H](CN(C)C)CC21. The van der Waals surface area contributed by atoms with Crippen LogP contribution in [0, 0.1) is 11.8 Å². The van der Waals surface area contributed by atoms with Crippen molar-refractivity contribution in [2.75, 3.05) is 20.6 Å². The number of hydrogen-bond acceptors (Lipinski definition) is 3. The van der Waals surface area contributed by atoms with E-state index in [0.29, 0.717) is 23.5 Å². The molecule has 2 aliphatic rings. The third kappa shape index (κ3) is 4.03. The molecular formula is C23H37NO2. The standard InChI is InChI=1S/C23H37NO2/c1-6-7-8-9-16-13-20(25)22-18-12-17(15-24(4)5)10-11-19(18)23(2,3)26-21(22)14-16/h13-14,17-19,25H,6-12,15H2,1-5H3/t17-,18?,19+/m0/s1. The van der Waals surface area contributed by atoms with Gasteiger partial charge in [-0.05, 0) is 89.6 Å². The van der Waals surface area contributed by atoms with E-state index >= 15 is 0 Å². The van der Waals surface area contributed by atoms with Gasteiger partial charge in [-0.3, -0.25) is 0 Å². The Morgan fingerprint density at radius 1 is 1.19 bits per heavy atom. The van der Waals surface area contributed by atoms with Crippen molar-refractivity contribution in [3.8, 4) is 11.5 Å². The molecule has 1 saturated carbocycles. The Balaban J connectivity index is 1.89. The van der Waals surface area contributed by atoms with E-state index in [2.05, 4.69) is 45.8 Å². The van der Waals surface area contributed by atoms with Crippen LogP contribution in [-0.4, -0.2) is 36.2 Å². The Morgan fingerprint density at radius 2 is 1.96 bits per heavy atom. The Labute approximate surface area is 159 Å². The molecule has 3 nitrogen and oxygen atoms in total. The summed E-state index contributed by atoms with van der Waals surface area (Å²) in [6.45, 7) is 7.83. The van der Waals surface area contributed by atoms with Crippen molar-refractivity contribution < 1.29 is 9.84 Å². The maximum Gasteiger partial charge on any atom is 0.127 e. The summed E-state index contributed by atoms with van der Waals surface area (Å²) in [5.74, 6) is 3.01. The lowest BCUT2D eigenvalue weighted by Gasteiger charge is -2.49. The van der Waals surface area contributed by atoms with Crippen molar-refractivity contribution in [2.24, 2.45) is 11.8 Å². The van der Waals surface area contributed by atoms with Gasteiger partial charge >= 0.3 is 0 Å². The number of ether oxygens (including phenoxy) is 1. The molecule has 3 heteroatoms.